The summed E-state index contributed by atoms with van der Waals surface area (Å²) < 4.78 is 24.3. The van der Waals surface area contributed by atoms with Crippen molar-refractivity contribution >= 4 is 46.8 Å². The number of nitrogens with zero attached hydrogens (tertiary/aromatic N) is 5. The number of nitrogens with one attached hydrogen (secondary N) is 3. The summed E-state index contributed by atoms with van der Waals surface area (Å²) >= 11 is 6.22. The molecule has 0 bridgehead atoms. The van der Waals surface area contributed by atoms with Gasteiger partial charge in [0.2, 0.25) is 11.8 Å². The van der Waals surface area contributed by atoms with E-state index >= 15 is 0 Å². The van der Waals surface area contributed by atoms with Crippen LogP contribution < -0.4 is 25.4 Å². The summed E-state index contributed by atoms with van der Waals surface area (Å²) in [5.41, 5.74) is 3.74. The zero-order chi connectivity index (χ0) is 43.2. The first-order chi connectivity index (χ1) is 29.5. The number of methoxy groups -OCH3 is 1. The lowest BCUT2D eigenvalue weighted by atomic mass is 9.98. The van der Waals surface area contributed by atoms with Crippen molar-refractivity contribution in [2.45, 2.75) is 38.8 Å². The zero-order valence-corrected chi connectivity index (χ0v) is 34.6. The van der Waals surface area contributed by atoms with E-state index in [0.29, 0.717) is 40.3 Å². The fraction of sp³-hybridized carbons (Fsp3) is 0.349. The first-order valence-corrected chi connectivity index (χ1v) is 20.1. The SMILES string of the molecule is C=C1CCC(N2C(=O)c3cccc(OCC(=O)NCCOCCOCCNC(=O)[C@H](C)[C@@H]4N=C(c5ccc(Cl)cc5)c5cc(OC)ccc5-n5c(C)nnc54)c3C2=O)C(=O)N1. The van der Waals surface area contributed by atoms with Crippen molar-refractivity contribution < 1.29 is 42.9 Å². The fourth-order valence-electron chi connectivity index (χ4n) is 7.35. The van der Waals surface area contributed by atoms with Gasteiger partial charge in [-0.15, -0.1) is 10.2 Å². The van der Waals surface area contributed by atoms with Gasteiger partial charge in [0.15, 0.2) is 12.4 Å². The molecule has 3 atom stereocenters. The Hall–Kier alpha value is -6.43. The molecule has 0 spiro atoms. The molecule has 18 heteroatoms. The highest BCUT2D eigenvalue weighted by Crippen LogP contribution is 2.37. The van der Waals surface area contributed by atoms with Crippen molar-refractivity contribution in [2.24, 2.45) is 10.9 Å². The van der Waals surface area contributed by atoms with E-state index in [-0.39, 0.29) is 68.7 Å². The summed E-state index contributed by atoms with van der Waals surface area (Å²) in [6, 6.07) is 16.0. The number of aryl methyl sites for hydroxylation is 1. The number of hydrogen-bond acceptors (Lipinski definition) is 12. The Morgan fingerprint density at radius 2 is 1.69 bits per heavy atom. The molecule has 3 aromatic carbocycles. The largest absolute Gasteiger partial charge is 0.497 e. The smallest absolute Gasteiger partial charge is 0.266 e. The maximum atomic E-state index is 13.5. The monoisotopic (exact) mass is 852 g/mol. The van der Waals surface area contributed by atoms with Crippen molar-refractivity contribution in [1.29, 1.82) is 0 Å². The molecule has 0 aliphatic carbocycles. The summed E-state index contributed by atoms with van der Waals surface area (Å²) in [7, 11) is 1.60. The zero-order valence-electron chi connectivity index (χ0n) is 33.9. The van der Waals surface area contributed by atoms with Gasteiger partial charge in [0.25, 0.3) is 17.7 Å². The average Bonchev–Trinajstić information content (AvgIpc) is 3.70. The minimum Gasteiger partial charge on any atom is -0.497 e. The molecule has 17 nitrogen and oxygen atoms in total. The molecule has 3 aliphatic rings. The lowest BCUT2D eigenvalue weighted by Crippen LogP contribution is -2.51. The van der Waals surface area contributed by atoms with E-state index < -0.39 is 48.2 Å². The molecule has 3 aliphatic heterocycles. The Morgan fingerprint density at radius 1 is 0.951 bits per heavy atom. The number of halogens is 1. The average molecular weight is 853 g/mol. The fourth-order valence-corrected chi connectivity index (χ4v) is 7.47. The van der Waals surface area contributed by atoms with Crippen LogP contribution in [0.25, 0.3) is 5.69 Å². The van der Waals surface area contributed by atoms with Crippen LogP contribution in [0.1, 0.15) is 69.3 Å². The molecule has 3 N–H and O–H groups in total. The van der Waals surface area contributed by atoms with Crippen LogP contribution >= 0.6 is 11.6 Å². The third kappa shape index (κ3) is 9.18. The number of allylic oxidation sites excluding steroid dienone is 1. The Morgan fingerprint density at radius 3 is 2.41 bits per heavy atom. The van der Waals surface area contributed by atoms with Crippen LogP contribution in [0.15, 0.2) is 77.9 Å². The molecule has 1 fully saturated rings. The molecule has 61 heavy (non-hydrogen) atoms. The van der Waals surface area contributed by atoms with Crippen LogP contribution in [0.5, 0.6) is 11.5 Å². The van der Waals surface area contributed by atoms with E-state index in [9.17, 15) is 24.0 Å². The number of carbonyl (C=O) groups excluding carboxylic acids is 5. The van der Waals surface area contributed by atoms with Gasteiger partial charge in [-0.1, -0.05) is 43.3 Å². The van der Waals surface area contributed by atoms with Gasteiger partial charge in [0.05, 0.1) is 62.0 Å². The van der Waals surface area contributed by atoms with E-state index in [4.69, 9.17) is 35.5 Å². The number of benzene rings is 3. The van der Waals surface area contributed by atoms with Crippen LogP contribution in [0, 0.1) is 12.8 Å². The molecule has 4 aromatic rings. The van der Waals surface area contributed by atoms with E-state index in [0.717, 1.165) is 21.7 Å². The predicted octanol–water partition coefficient (Wildman–Crippen LogP) is 3.50. The number of imide groups is 1. The van der Waals surface area contributed by atoms with Crippen LogP contribution in [0.4, 0.5) is 0 Å². The number of aliphatic imine (C=N–C) groups is 1. The molecule has 0 saturated carbocycles. The molecular weight excluding hydrogens is 808 g/mol. The van der Waals surface area contributed by atoms with E-state index in [1.165, 1.54) is 12.1 Å². The van der Waals surface area contributed by atoms with E-state index in [1.54, 1.807) is 32.2 Å². The van der Waals surface area contributed by atoms with Gasteiger partial charge in [-0.3, -0.25) is 38.4 Å². The third-order valence-corrected chi connectivity index (χ3v) is 10.7. The van der Waals surface area contributed by atoms with E-state index in [2.05, 4.69) is 32.7 Å². The number of ether oxygens (including phenoxy) is 4. The quantitative estimate of drug-likeness (QED) is 0.104. The van der Waals surface area contributed by atoms with E-state index in [1.807, 2.05) is 41.8 Å². The van der Waals surface area contributed by atoms with Crippen LogP contribution in [0.3, 0.4) is 0 Å². The van der Waals surface area contributed by atoms with Crippen LogP contribution in [-0.4, -0.2) is 114 Å². The van der Waals surface area contributed by atoms with Gasteiger partial charge in [-0.25, -0.2) is 0 Å². The molecule has 1 aromatic heterocycles. The minimum absolute atomic E-state index is 0.0149. The molecule has 7 rings (SSSR count). The normalized spacial score (nSPS) is 17.4. The molecule has 0 radical (unpaired) electrons. The number of amides is 5. The standard InChI is InChI=1S/C43H45ClN8O9/c1-24-8-14-33(41(55)47-24)52-42(56)30-6-5-7-34(36(30)43(52)57)61-23-35(53)45-16-18-59-20-21-60-19-17-46-40(54)25(2)37-39-50-49-26(3)51(39)32-15-13-29(58-4)22-31(32)38(48-37)27-9-11-28(44)12-10-27/h5-7,9-13,15,22,25,33,37H,1,8,14,16-21,23H2,2-4H3,(H,45,53)(H,46,54)(H,47,55)/t25-,33?,37+/m1/s1. The third-order valence-electron chi connectivity index (χ3n) is 10.5. The van der Waals surface area contributed by atoms with Crippen LogP contribution in [-0.2, 0) is 23.9 Å². The van der Waals surface area contributed by atoms with Crippen molar-refractivity contribution in [3.8, 4) is 17.2 Å². The molecule has 4 heterocycles. The van der Waals surface area contributed by atoms with Gasteiger partial charge in [0, 0.05) is 34.9 Å². The molecule has 318 valence electrons. The number of piperidine rings is 1. The summed E-state index contributed by atoms with van der Waals surface area (Å²) in [6.45, 7) is 8.35. The Labute approximate surface area is 356 Å². The van der Waals surface area contributed by atoms with Crippen molar-refractivity contribution in [1.82, 2.24) is 35.6 Å². The topological polar surface area (TPSA) is 205 Å². The van der Waals surface area contributed by atoms with Crippen molar-refractivity contribution in [2.75, 3.05) is 53.2 Å². The Kier molecular flexibility index (Phi) is 13.2. The molecular formula is C43H45ClN8O9. The first-order valence-electron chi connectivity index (χ1n) is 19.7. The maximum absolute atomic E-state index is 13.5. The van der Waals surface area contributed by atoms with Gasteiger partial charge in [-0.05, 0) is 62.2 Å². The highest BCUT2D eigenvalue weighted by Gasteiger charge is 2.45. The summed E-state index contributed by atoms with van der Waals surface area (Å²) in [5.74, 6) is -1.14. The molecule has 1 unspecified atom stereocenters. The molecule has 1 saturated heterocycles. The van der Waals surface area contributed by atoms with Crippen molar-refractivity contribution in [3.05, 3.63) is 112 Å². The second-order valence-electron chi connectivity index (χ2n) is 14.5. The lowest BCUT2D eigenvalue weighted by Gasteiger charge is -2.29. The van der Waals surface area contributed by atoms with Gasteiger partial charge in [0.1, 0.15) is 29.4 Å². The Balaban J connectivity index is 0.834. The molecule has 5 amide bonds. The minimum atomic E-state index is -0.960. The highest BCUT2D eigenvalue weighted by molar-refractivity contribution is 6.30. The predicted molar refractivity (Wildman–Crippen MR) is 222 cm³/mol. The summed E-state index contributed by atoms with van der Waals surface area (Å²) in [4.78, 5) is 71.0. The second-order valence-corrected chi connectivity index (χ2v) is 14.9. The lowest BCUT2D eigenvalue weighted by molar-refractivity contribution is -0.126. The number of fused-ring (bicyclic) bond motifs is 4. The summed E-state index contributed by atoms with van der Waals surface area (Å²) in [6.07, 6.45) is 0.710. The number of carbonyl (C=O) groups is 5. The Bertz CT molecular complexity index is 2400. The first kappa shape index (κ1) is 42.7. The maximum Gasteiger partial charge on any atom is 0.266 e. The summed E-state index contributed by atoms with van der Waals surface area (Å²) in [5, 5.41) is 17.6. The van der Waals surface area contributed by atoms with Gasteiger partial charge in [-0.2, -0.15) is 0 Å². The number of hydrogen-bond donors (Lipinski definition) is 3. The second kappa shape index (κ2) is 18.9. The van der Waals surface area contributed by atoms with Gasteiger partial charge < -0.3 is 34.9 Å². The number of aromatic nitrogens is 3. The highest BCUT2D eigenvalue weighted by atomic mass is 35.5. The van der Waals surface area contributed by atoms with Gasteiger partial charge >= 0.3 is 0 Å². The number of rotatable bonds is 17. The van der Waals surface area contributed by atoms with Crippen LogP contribution in [0.2, 0.25) is 5.02 Å². The van der Waals surface area contributed by atoms with Crippen molar-refractivity contribution in [3.63, 3.8) is 0 Å².